The van der Waals surface area contributed by atoms with Gasteiger partial charge in [-0.25, -0.2) is 8.78 Å². The van der Waals surface area contributed by atoms with Crippen LogP contribution in [-0.2, 0) is 9.53 Å². The molecule has 0 aromatic carbocycles. The Bertz CT molecular complexity index is 181. The second kappa shape index (κ2) is 5.87. The summed E-state index contributed by atoms with van der Waals surface area (Å²) in [6.45, 7) is 2.75. The molecule has 0 bridgehead atoms. The molecule has 1 amide bonds. The van der Waals surface area contributed by atoms with Crippen molar-refractivity contribution in [1.29, 1.82) is 0 Å². The van der Waals surface area contributed by atoms with Crippen LogP contribution in [0.15, 0.2) is 0 Å². The van der Waals surface area contributed by atoms with Gasteiger partial charge in [0, 0.05) is 6.54 Å². The summed E-state index contributed by atoms with van der Waals surface area (Å²) in [6, 6.07) is 0. The molecule has 0 aliphatic rings. The summed E-state index contributed by atoms with van der Waals surface area (Å²) in [4.78, 5) is 11.1. The van der Waals surface area contributed by atoms with Gasteiger partial charge in [-0.15, -0.1) is 0 Å². The van der Waals surface area contributed by atoms with Gasteiger partial charge in [-0.3, -0.25) is 4.79 Å². The van der Waals surface area contributed by atoms with Crippen LogP contribution >= 0.6 is 0 Å². The Morgan fingerprint density at radius 1 is 1.57 bits per heavy atom. The van der Waals surface area contributed by atoms with Gasteiger partial charge in [0.25, 0.3) is 6.43 Å². The SMILES string of the molecule is CC(C)(N)C(=O)NCCOCC(F)F. The summed E-state index contributed by atoms with van der Waals surface area (Å²) >= 11 is 0. The summed E-state index contributed by atoms with van der Waals surface area (Å²) in [5, 5.41) is 2.46. The number of nitrogens with two attached hydrogens (primary N) is 1. The summed E-state index contributed by atoms with van der Waals surface area (Å²) in [5.41, 5.74) is 4.51. The lowest BCUT2D eigenvalue weighted by Gasteiger charge is -2.17. The van der Waals surface area contributed by atoms with E-state index in [9.17, 15) is 13.6 Å². The van der Waals surface area contributed by atoms with E-state index in [2.05, 4.69) is 10.1 Å². The molecule has 0 aromatic heterocycles. The number of hydrogen-bond donors (Lipinski definition) is 2. The zero-order valence-corrected chi connectivity index (χ0v) is 8.35. The Kier molecular flexibility index (Phi) is 5.56. The van der Waals surface area contributed by atoms with E-state index in [0.717, 1.165) is 0 Å². The number of rotatable bonds is 6. The topological polar surface area (TPSA) is 64.4 Å². The lowest BCUT2D eigenvalue weighted by Crippen LogP contribution is -2.49. The minimum atomic E-state index is -2.48. The molecule has 4 nitrogen and oxygen atoms in total. The van der Waals surface area contributed by atoms with Crippen LogP contribution in [0.25, 0.3) is 0 Å². The molecule has 0 fully saturated rings. The number of carbonyl (C=O) groups excluding carboxylic acids is 1. The van der Waals surface area contributed by atoms with Gasteiger partial charge in [0.2, 0.25) is 5.91 Å². The zero-order valence-electron chi connectivity index (χ0n) is 8.35. The van der Waals surface area contributed by atoms with Crippen LogP contribution in [0, 0.1) is 0 Å². The van der Waals surface area contributed by atoms with Crippen molar-refractivity contribution in [3.8, 4) is 0 Å². The minimum Gasteiger partial charge on any atom is -0.374 e. The molecule has 6 heteroatoms. The van der Waals surface area contributed by atoms with Crippen molar-refractivity contribution in [2.45, 2.75) is 25.8 Å². The van der Waals surface area contributed by atoms with Gasteiger partial charge in [0.1, 0.15) is 6.61 Å². The van der Waals surface area contributed by atoms with E-state index in [1.54, 1.807) is 13.8 Å². The Labute approximate surface area is 81.8 Å². The van der Waals surface area contributed by atoms with Gasteiger partial charge >= 0.3 is 0 Å². The molecule has 0 aromatic rings. The van der Waals surface area contributed by atoms with Gasteiger partial charge in [-0.2, -0.15) is 0 Å². The number of nitrogens with one attached hydrogen (secondary N) is 1. The molecule has 0 heterocycles. The number of halogens is 2. The van der Waals surface area contributed by atoms with Crippen LogP contribution in [0.3, 0.4) is 0 Å². The molecule has 84 valence electrons. The normalized spacial score (nSPS) is 11.9. The summed E-state index contributed by atoms with van der Waals surface area (Å²) in [6.07, 6.45) is -2.48. The Balaban J connectivity index is 3.42. The van der Waals surface area contributed by atoms with E-state index in [1.807, 2.05) is 0 Å². The predicted molar refractivity (Wildman–Crippen MR) is 48.1 cm³/mol. The first-order valence-corrected chi connectivity index (χ1v) is 4.27. The maximum atomic E-state index is 11.6. The number of amides is 1. The predicted octanol–water partition coefficient (Wildman–Crippen LogP) is 0.122. The first kappa shape index (κ1) is 13.2. The summed E-state index contributed by atoms with van der Waals surface area (Å²) in [5.74, 6) is -0.335. The second-order valence-electron chi connectivity index (χ2n) is 3.44. The average Bonchev–Trinajstić information content (AvgIpc) is 2.01. The Morgan fingerprint density at radius 2 is 2.14 bits per heavy atom. The van der Waals surface area contributed by atoms with Crippen LogP contribution in [0.1, 0.15) is 13.8 Å². The van der Waals surface area contributed by atoms with Gasteiger partial charge < -0.3 is 15.8 Å². The minimum absolute atomic E-state index is 0.0617. The molecule has 0 saturated heterocycles. The molecule has 14 heavy (non-hydrogen) atoms. The standard InChI is InChI=1S/C8H16F2N2O2/c1-8(2,11)7(13)12-3-4-14-5-6(9)10/h6H,3-5,11H2,1-2H3,(H,12,13). The van der Waals surface area contributed by atoms with Crippen molar-refractivity contribution < 1.29 is 18.3 Å². The zero-order chi connectivity index (χ0) is 11.2. The largest absolute Gasteiger partial charge is 0.374 e. The molecule has 0 aliphatic heterocycles. The van der Waals surface area contributed by atoms with Crippen molar-refractivity contribution in [2.24, 2.45) is 5.73 Å². The van der Waals surface area contributed by atoms with Crippen LogP contribution in [0.4, 0.5) is 8.78 Å². The first-order valence-electron chi connectivity index (χ1n) is 4.27. The van der Waals surface area contributed by atoms with Crippen molar-refractivity contribution >= 4 is 5.91 Å². The summed E-state index contributed by atoms with van der Waals surface area (Å²) in [7, 11) is 0. The molecule has 0 spiro atoms. The highest BCUT2D eigenvalue weighted by atomic mass is 19.3. The van der Waals surface area contributed by atoms with Crippen molar-refractivity contribution in [3.63, 3.8) is 0 Å². The summed E-state index contributed by atoms with van der Waals surface area (Å²) < 4.78 is 27.7. The number of carbonyl (C=O) groups is 1. The Morgan fingerprint density at radius 3 is 2.57 bits per heavy atom. The second-order valence-corrected chi connectivity index (χ2v) is 3.44. The number of hydrogen-bond acceptors (Lipinski definition) is 3. The fraction of sp³-hybridized carbons (Fsp3) is 0.875. The van der Waals surface area contributed by atoms with E-state index in [1.165, 1.54) is 0 Å². The number of alkyl halides is 2. The third kappa shape index (κ3) is 6.73. The van der Waals surface area contributed by atoms with Gasteiger partial charge in [0.05, 0.1) is 12.1 Å². The molecule has 0 radical (unpaired) electrons. The highest BCUT2D eigenvalue weighted by Gasteiger charge is 2.20. The van der Waals surface area contributed by atoms with Crippen molar-refractivity contribution in [1.82, 2.24) is 5.32 Å². The van der Waals surface area contributed by atoms with Crippen LogP contribution in [-0.4, -0.2) is 37.6 Å². The third-order valence-electron chi connectivity index (χ3n) is 1.36. The molecular weight excluding hydrogens is 194 g/mol. The van der Waals surface area contributed by atoms with Gasteiger partial charge in [-0.1, -0.05) is 0 Å². The lowest BCUT2D eigenvalue weighted by molar-refractivity contribution is -0.125. The molecule has 0 aliphatic carbocycles. The van der Waals surface area contributed by atoms with Crippen LogP contribution in [0.2, 0.25) is 0 Å². The maximum absolute atomic E-state index is 11.6. The molecule has 3 N–H and O–H groups in total. The van der Waals surface area contributed by atoms with Crippen molar-refractivity contribution in [2.75, 3.05) is 19.8 Å². The first-order chi connectivity index (χ1) is 6.34. The quantitative estimate of drug-likeness (QED) is 0.612. The third-order valence-corrected chi connectivity index (χ3v) is 1.36. The lowest BCUT2D eigenvalue weighted by atomic mass is 10.1. The highest BCUT2D eigenvalue weighted by Crippen LogP contribution is 1.95. The molecular formula is C8H16F2N2O2. The van der Waals surface area contributed by atoms with Gasteiger partial charge in [0.15, 0.2) is 0 Å². The average molecular weight is 210 g/mol. The van der Waals surface area contributed by atoms with E-state index in [-0.39, 0.29) is 19.1 Å². The Hall–Kier alpha value is -0.750. The van der Waals surface area contributed by atoms with E-state index in [0.29, 0.717) is 0 Å². The molecule has 0 saturated carbocycles. The van der Waals surface area contributed by atoms with E-state index in [4.69, 9.17) is 5.73 Å². The van der Waals surface area contributed by atoms with Crippen LogP contribution in [0.5, 0.6) is 0 Å². The molecule has 0 unspecified atom stereocenters. The molecule has 0 rings (SSSR count). The fourth-order valence-corrected chi connectivity index (χ4v) is 0.637. The fourth-order valence-electron chi connectivity index (χ4n) is 0.637. The highest BCUT2D eigenvalue weighted by molar-refractivity contribution is 5.84. The molecule has 0 atom stereocenters. The van der Waals surface area contributed by atoms with Crippen molar-refractivity contribution in [3.05, 3.63) is 0 Å². The van der Waals surface area contributed by atoms with Gasteiger partial charge in [-0.05, 0) is 13.8 Å². The monoisotopic (exact) mass is 210 g/mol. The van der Waals surface area contributed by atoms with E-state index < -0.39 is 18.6 Å². The van der Waals surface area contributed by atoms with E-state index >= 15 is 0 Å². The number of ether oxygens (including phenoxy) is 1. The van der Waals surface area contributed by atoms with Crippen LogP contribution < -0.4 is 11.1 Å². The smallest absolute Gasteiger partial charge is 0.261 e. The maximum Gasteiger partial charge on any atom is 0.261 e.